The molecule has 3 unspecified atom stereocenters. The number of amides is 1. The molecule has 0 aliphatic heterocycles. The van der Waals surface area contributed by atoms with Crippen LogP contribution in [0.5, 0.6) is 0 Å². The fourth-order valence-corrected chi connectivity index (χ4v) is 3.09. The number of rotatable bonds is 4. The van der Waals surface area contributed by atoms with Crippen LogP contribution in [0.3, 0.4) is 0 Å². The largest absolute Gasteiger partial charge is 0.349 e. The average molecular weight is 295 g/mol. The lowest BCUT2D eigenvalue weighted by molar-refractivity contribution is -0.125. The molecule has 2 fully saturated rings. The number of benzene rings is 1. The van der Waals surface area contributed by atoms with Crippen molar-refractivity contribution in [2.45, 2.75) is 44.2 Å². The Morgan fingerprint density at radius 1 is 1.15 bits per heavy atom. The quantitative estimate of drug-likeness (QED) is 0.897. The molecule has 3 rings (SSSR count). The molecular weight excluding hydrogens is 272 g/mol. The van der Waals surface area contributed by atoms with Gasteiger partial charge in [0.25, 0.3) is 0 Å². The number of nitrogens with one attached hydrogen (secondary N) is 1. The first-order valence-corrected chi connectivity index (χ1v) is 7.35. The topological polar surface area (TPSA) is 55.1 Å². The summed E-state index contributed by atoms with van der Waals surface area (Å²) in [7, 11) is 0. The Balaban J connectivity index is 0.00000147. The Labute approximate surface area is 126 Å². The van der Waals surface area contributed by atoms with E-state index in [0.717, 1.165) is 19.3 Å². The van der Waals surface area contributed by atoms with Gasteiger partial charge in [0, 0.05) is 12.0 Å². The van der Waals surface area contributed by atoms with E-state index in [1.54, 1.807) is 0 Å². The Hall–Kier alpha value is -1.06. The maximum absolute atomic E-state index is 12.3. The van der Waals surface area contributed by atoms with Crippen LogP contribution in [0.15, 0.2) is 30.3 Å². The molecule has 0 saturated heterocycles. The molecule has 1 amide bonds. The fraction of sp³-hybridized carbons (Fsp3) is 0.562. The first-order chi connectivity index (χ1) is 9.24. The van der Waals surface area contributed by atoms with Gasteiger partial charge in [0.15, 0.2) is 0 Å². The van der Waals surface area contributed by atoms with Crippen LogP contribution < -0.4 is 11.1 Å². The molecule has 0 heterocycles. The Morgan fingerprint density at radius 2 is 1.85 bits per heavy atom. The molecule has 0 radical (unpaired) electrons. The maximum atomic E-state index is 12.3. The number of nitrogens with two attached hydrogens (primary N) is 1. The van der Waals surface area contributed by atoms with Crippen LogP contribution in [-0.4, -0.2) is 11.9 Å². The molecule has 0 bridgehead atoms. The lowest BCUT2D eigenvalue weighted by atomic mass is 10.00. The van der Waals surface area contributed by atoms with E-state index in [4.69, 9.17) is 5.73 Å². The van der Waals surface area contributed by atoms with E-state index in [0.29, 0.717) is 5.92 Å². The smallest absolute Gasteiger partial charge is 0.223 e. The van der Waals surface area contributed by atoms with Crippen molar-refractivity contribution in [2.75, 3.05) is 0 Å². The Bertz CT molecular complexity index is 447. The molecule has 4 heteroatoms. The number of carbonyl (C=O) groups excluding carboxylic acids is 1. The van der Waals surface area contributed by atoms with Crippen molar-refractivity contribution in [3.63, 3.8) is 0 Å². The summed E-state index contributed by atoms with van der Waals surface area (Å²) in [6.07, 6.45) is 5.22. The minimum absolute atomic E-state index is 0. The summed E-state index contributed by atoms with van der Waals surface area (Å²) in [5.74, 6) is 0.954. The third-order valence-corrected chi connectivity index (χ3v) is 4.39. The molecule has 3 nitrogen and oxygen atoms in total. The monoisotopic (exact) mass is 294 g/mol. The first-order valence-electron chi connectivity index (χ1n) is 7.35. The standard InChI is InChI=1S/C16H22N2O.ClH/c17-14-9-8-13(10-14)16(19)18-15(12-6-7-12)11-4-2-1-3-5-11;/h1-5,12-15H,6-10,17H2,(H,18,19);1H. The zero-order chi connectivity index (χ0) is 13.2. The van der Waals surface area contributed by atoms with Gasteiger partial charge in [-0.1, -0.05) is 30.3 Å². The molecule has 2 saturated carbocycles. The van der Waals surface area contributed by atoms with Crippen LogP contribution in [-0.2, 0) is 4.79 Å². The van der Waals surface area contributed by atoms with E-state index in [-0.39, 0.29) is 36.3 Å². The lowest BCUT2D eigenvalue weighted by Crippen LogP contribution is -2.34. The maximum Gasteiger partial charge on any atom is 0.223 e. The van der Waals surface area contributed by atoms with Crippen molar-refractivity contribution in [3.8, 4) is 0 Å². The van der Waals surface area contributed by atoms with Crippen molar-refractivity contribution in [3.05, 3.63) is 35.9 Å². The van der Waals surface area contributed by atoms with Crippen LogP contribution in [0.25, 0.3) is 0 Å². The number of carbonyl (C=O) groups is 1. The van der Waals surface area contributed by atoms with Crippen molar-refractivity contribution in [1.82, 2.24) is 5.32 Å². The normalized spacial score (nSPS) is 26.6. The third-order valence-electron chi connectivity index (χ3n) is 4.39. The minimum atomic E-state index is 0. The minimum Gasteiger partial charge on any atom is -0.349 e. The molecule has 1 aromatic rings. The average Bonchev–Trinajstić information content (AvgIpc) is 3.18. The number of halogens is 1. The molecule has 0 spiro atoms. The van der Waals surface area contributed by atoms with Crippen molar-refractivity contribution in [1.29, 1.82) is 0 Å². The second kappa shape index (κ2) is 6.59. The van der Waals surface area contributed by atoms with Gasteiger partial charge < -0.3 is 11.1 Å². The van der Waals surface area contributed by atoms with E-state index in [1.165, 1.54) is 18.4 Å². The highest BCUT2D eigenvalue weighted by Gasteiger charge is 2.36. The summed E-state index contributed by atoms with van der Waals surface area (Å²) in [6.45, 7) is 0. The van der Waals surface area contributed by atoms with Gasteiger partial charge in [0.1, 0.15) is 0 Å². The van der Waals surface area contributed by atoms with Gasteiger partial charge in [-0.25, -0.2) is 0 Å². The first kappa shape index (κ1) is 15.3. The van der Waals surface area contributed by atoms with Crippen LogP contribution in [0, 0.1) is 11.8 Å². The highest BCUT2D eigenvalue weighted by Crippen LogP contribution is 2.41. The van der Waals surface area contributed by atoms with Gasteiger partial charge in [-0.3, -0.25) is 4.79 Å². The fourth-order valence-electron chi connectivity index (χ4n) is 3.09. The van der Waals surface area contributed by atoms with E-state index >= 15 is 0 Å². The summed E-state index contributed by atoms with van der Waals surface area (Å²) in [4.78, 5) is 12.3. The molecule has 0 aromatic heterocycles. The van der Waals surface area contributed by atoms with Crippen LogP contribution in [0.4, 0.5) is 0 Å². The van der Waals surface area contributed by atoms with E-state index < -0.39 is 0 Å². The summed E-state index contributed by atoms with van der Waals surface area (Å²) in [6, 6.07) is 10.8. The summed E-state index contributed by atoms with van der Waals surface area (Å²) in [5.41, 5.74) is 7.13. The van der Waals surface area contributed by atoms with E-state index in [1.807, 2.05) is 18.2 Å². The Morgan fingerprint density at radius 3 is 2.40 bits per heavy atom. The predicted molar refractivity (Wildman–Crippen MR) is 82.6 cm³/mol. The van der Waals surface area contributed by atoms with E-state index in [9.17, 15) is 4.79 Å². The van der Waals surface area contributed by atoms with Crippen LogP contribution >= 0.6 is 12.4 Å². The molecule has 1 aromatic carbocycles. The molecular formula is C16H23ClN2O. The van der Waals surface area contributed by atoms with Crippen LogP contribution in [0.2, 0.25) is 0 Å². The summed E-state index contributed by atoms with van der Waals surface area (Å²) >= 11 is 0. The summed E-state index contributed by atoms with van der Waals surface area (Å²) < 4.78 is 0. The van der Waals surface area contributed by atoms with Gasteiger partial charge in [0.2, 0.25) is 5.91 Å². The van der Waals surface area contributed by atoms with Gasteiger partial charge in [-0.15, -0.1) is 12.4 Å². The van der Waals surface area contributed by atoms with Gasteiger partial charge in [-0.2, -0.15) is 0 Å². The Kier molecular flexibility index (Phi) is 5.06. The molecule has 2 aliphatic rings. The van der Waals surface area contributed by atoms with E-state index in [2.05, 4.69) is 17.4 Å². The highest BCUT2D eigenvalue weighted by molar-refractivity contribution is 5.85. The van der Waals surface area contributed by atoms with Gasteiger partial charge in [-0.05, 0) is 43.6 Å². The zero-order valence-electron chi connectivity index (χ0n) is 11.6. The number of hydrogen-bond donors (Lipinski definition) is 2. The van der Waals surface area contributed by atoms with Crippen molar-refractivity contribution in [2.24, 2.45) is 17.6 Å². The van der Waals surface area contributed by atoms with Gasteiger partial charge in [0.05, 0.1) is 6.04 Å². The molecule has 3 atom stereocenters. The molecule has 3 N–H and O–H groups in total. The predicted octanol–water partition coefficient (Wildman–Crippen LogP) is 2.80. The van der Waals surface area contributed by atoms with Crippen molar-refractivity contribution >= 4 is 18.3 Å². The molecule has 2 aliphatic carbocycles. The number of hydrogen-bond acceptors (Lipinski definition) is 2. The van der Waals surface area contributed by atoms with Crippen molar-refractivity contribution < 1.29 is 4.79 Å². The third kappa shape index (κ3) is 3.53. The molecule has 110 valence electrons. The SMILES string of the molecule is Cl.NC1CCC(C(=O)NC(c2ccccc2)C2CC2)C1. The van der Waals surface area contributed by atoms with Gasteiger partial charge >= 0.3 is 0 Å². The zero-order valence-corrected chi connectivity index (χ0v) is 12.4. The lowest BCUT2D eigenvalue weighted by Gasteiger charge is -2.21. The molecule has 20 heavy (non-hydrogen) atoms. The second-order valence-corrected chi connectivity index (χ2v) is 6.00. The summed E-state index contributed by atoms with van der Waals surface area (Å²) in [5, 5.41) is 3.26. The highest BCUT2D eigenvalue weighted by atomic mass is 35.5. The van der Waals surface area contributed by atoms with Crippen LogP contribution in [0.1, 0.15) is 43.7 Å². The second-order valence-electron chi connectivity index (χ2n) is 6.00.